The van der Waals surface area contributed by atoms with E-state index in [1.807, 2.05) is 0 Å². The lowest BCUT2D eigenvalue weighted by atomic mass is 10.2. The third-order valence-corrected chi connectivity index (χ3v) is 5.19. The van der Waals surface area contributed by atoms with E-state index in [9.17, 15) is 9.90 Å². The highest BCUT2D eigenvalue weighted by atomic mass is 35.5. The fraction of sp³-hybridized carbons (Fsp3) is 0.0588. The minimum absolute atomic E-state index is 0.0973. The molecule has 0 atom stereocenters. The summed E-state index contributed by atoms with van der Waals surface area (Å²) in [5.74, 6) is 0.324. The number of rotatable bonds is 4. The maximum absolute atomic E-state index is 12.2. The van der Waals surface area contributed by atoms with Gasteiger partial charge in [-0.05, 0) is 41.6 Å². The summed E-state index contributed by atoms with van der Waals surface area (Å²) in [6.07, 6.45) is 0. The summed E-state index contributed by atoms with van der Waals surface area (Å²) in [6.45, 7) is 0. The van der Waals surface area contributed by atoms with Gasteiger partial charge in [-0.25, -0.2) is 4.79 Å². The van der Waals surface area contributed by atoms with Crippen molar-refractivity contribution in [2.24, 2.45) is 7.05 Å². The lowest BCUT2D eigenvalue weighted by molar-refractivity contribution is 0.262. The van der Waals surface area contributed by atoms with Gasteiger partial charge in [-0.1, -0.05) is 34.5 Å². The number of anilines is 2. The van der Waals surface area contributed by atoms with Crippen LogP contribution in [0.3, 0.4) is 0 Å². The van der Waals surface area contributed by atoms with Crippen molar-refractivity contribution >= 4 is 51.4 Å². The molecule has 13 heteroatoms. The first-order valence-electron chi connectivity index (χ1n) is 8.33. The Morgan fingerprint density at radius 1 is 1.10 bits per heavy atom. The number of phenols is 1. The molecule has 30 heavy (non-hydrogen) atoms. The van der Waals surface area contributed by atoms with Crippen molar-refractivity contribution in [1.82, 2.24) is 30.4 Å². The van der Waals surface area contributed by atoms with E-state index in [1.165, 1.54) is 16.9 Å². The summed E-state index contributed by atoms with van der Waals surface area (Å²) < 4.78 is 0. The van der Waals surface area contributed by atoms with Crippen LogP contribution >= 0.6 is 34.5 Å². The molecule has 0 aliphatic rings. The van der Waals surface area contributed by atoms with E-state index < -0.39 is 6.03 Å². The molecule has 10 nitrogen and oxygen atoms in total. The van der Waals surface area contributed by atoms with E-state index in [-0.39, 0.29) is 15.9 Å². The molecule has 2 heterocycles. The first kappa shape index (κ1) is 20.0. The van der Waals surface area contributed by atoms with Gasteiger partial charge >= 0.3 is 6.03 Å². The average molecular weight is 463 g/mol. The Labute approximate surface area is 183 Å². The normalized spacial score (nSPS) is 10.8. The van der Waals surface area contributed by atoms with Gasteiger partial charge in [0.25, 0.3) is 0 Å². The van der Waals surface area contributed by atoms with Crippen molar-refractivity contribution in [2.75, 3.05) is 10.6 Å². The molecule has 0 fully saturated rings. The molecule has 2 aromatic carbocycles. The van der Waals surface area contributed by atoms with Crippen LogP contribution in [-0.2, 0) is 7.05 Å². The molecule has 0 unspecified atom stereocenters. The fourth-order valence-electron chi connectivity index (χ4n) is 2.47. The zero-order valence-electron chi connectivity index (χ0n) is 15.2. The van der Waals surface area contributed by atoms with Crippen molar-refractivity contribution in [3.63, 3.8) is 0 Å². The molecule has 3 N–H and O–H groups in total. The van der Waals surface area contributed by atoms with Gasteiger partial charge in [0.2, 0.25) is 11.0 Å². The van der Waals surface area contributed by atoms with Crippen LogP contribution in [0.2, 0.25) is 10.0 Å². The van der Waals surface area contributed by atoms with Crippen molar-refractivity contribution in [2.45, 2.75) is 0 Å². The maximum atomic E-state index is 12.2. The molecule has 0 aliphatic carbocycles. The van der Waals surface area contributed by atoms with Gasteiger partial charge in [-0.15, -0.1) is 20.4 Å². The van der Waals surface area contributed by atoms with E-state index in [0.29, 0.717) is 27.1 Å². The van der Waals surface area contributed by atoms with Gasteiger partial charge in [0, 0.05) is 16.3 Å². The molecule has 152 valence electrons. The predicted octanol–water partition coefficient (Wildman–Crippen LogP) is 4.05. The van der Waals surface area contributed by atoms with Crippen LogP contribution in [0.15, 0.2) is 36.4 Å². The molecule has 0 bridgehead atoms. The number of hydrogen-bond donors (Lipinski definition) is 3. The molecular formula is C17H12Cl2N8O2S. The highest BCUT2D eigenvalue weighted by molar-refractivity contribution is 7.18. The molecule has 2 amide bonds. The average Bonchev–Trinajstić information content (AvgIpc) is 3.34. The number of tetrazole rings is 1. The second-order valence-corrected chi connectivity index (χ2v) is 7.78. The van der Waals surface area contributed by atoms with Crippen LogP contribution in [-0.4, -0.2) is 41.5 Å². The van der Waals surface area contributed by atoms with E-state index in [0.717, 1.165) is 16.9 Å². The maximum Gasteiger partial charge on any atom is 0.325 e. The monoisotopic (exact) mass is 462 g/mol. The topological polar surface area (TPSA) is 131 Å². The van der Waals surface area contributed by atoms with Crippen LogP contribution in [0.4, 0.5) is 15.6 Å². The number of urea groups is 1. The third kappa shape index (κ3) is 4.32. The first-order valence-corrected chi connectivity index (χ1v) is 9.90. The summed E-state index contributed by atoms with van der Waals surface area (Å²) in [5.41, 5.74) is 1.65. The number of benzene rings is 2. The standard InChI is InChI=1S/C17H12Cl2N8O2S/c1-27-25-14(22-26-27)8-2-4-10(5-3-8)20-16(29)21-17-24-23-15(30-17)11-6-9(18)7-12(19)13(11)28/h2-7,28H,1H3,(H2,20,21,24,29). The minimum Gasteiger partial charge on any atom is -0.506 e. The van der Waals surface area contributed by atoms with Crippen molar-refractivity contribution in [3.8, 4) is 27.7 Å². The Bertz CT molecular complexity index is 1220. The lowest BCUT2D eigenvalue weighted by Gasteiger charge is -2.05. The number of aromatic nitrogens is 6. The molecule has 0 aliphatic heterocycles. The van der Waals surface area contributed by atoms with Gasteiger partial charge in [0.15, 0.2) is 5.01 Å². The number of aryl methyl sites for hydroxylation is 1. The van der Waals surface area contributed by atoms with E-state index in [2.05, 4.69) is 36.2 Å². The molecule has 4 rings (SSSR count). The second kappa shape index (κ2) is 8.22. The number of phenolic OH excluding ortho intramolecular Hbond substituents is 1. The quantitative estimate of drug-likeness (QED) is 0.416. The summed E-state index contributed by atoms with van der Waals surface area (Å²) in [4.78, 5) is 13.6. The van der Waals surface area contributed by atoms with Crippen LogP contribution < -0.4 is 10.6 Å². The van der Waals surface area contributed by atoms with Gasteiger partial charge in [-0.3, -0.25) is 5.32 Å². The Morgan fingerprint density at radius 3 is 2.57 bits per heavy atom. The van der Waals surface area contributed by atoms with Crippen molar-refractivity contribution in [3.05, 3.63) is 46.4 Å². The van der Waals surface area contributed by atoms with Gasteiger partial charge in [0.1, 0.15) is 5.75 Å². The Kier molecular flexibility index (Phi) is 5.48. The van der Waals surface area contributed by atoms with Crippen LogP contribution in [0.5, 0.6) is 5.75 Å². The van der Waals surface area contributed by atoms with Crippen molar-refractivity contribution < 1.29 is 9.90 Å². The van der Waals surface area contributed by atoms with Crippen LogP contribution in [0.25, 0.3) is 22.0 Å². The number of nitrogens with one attached hydrogen (secondary N) is 2. The summed E-state index contributed by atoms with van der Waals surface area (Å²) in [5, 5.41) is 36.1. The second-order valence-electron chi connectivity index (χ2n) is 5.96. The van der Waals surface area contributed by atoms with Gasteiger partial charge < -0.3 is 10.4 Å². The molecule has 2 aromatic heterocycles. The van der Waals surface area contributed by atoms with Crippen molar-refractivity contribution in [1.29, 1.82) is 0 Å². The van der Waals surface area contributed by atoms with Gasteiger partial charge in [-0.2, -0.15) is 4.80 Å². The molecule has 0 saturated heterocycles. The first-order chi connectivity index (χ1) is 14.4. The number of nitrogens with zero attached hydrogens (tertiary/aromatic N) is 6. The highest BCUT2D eigenvalue weighted by Crippen LogP contribution is 2.39. The number of halogens is 2. The molecule has 4 aromatic rings. The predicted molar refractivity (Wildman–Crippen MR) is 114 cm³/mol. The third-order valence-electron chi connectivity index (χ3n) is 3.81. The number of hydrogen-bond acceptors (Lipinski definition) is 8. The van der Waals surface area contributed by atoms with E-state index >= 15 is 0 Å². The number of amides is 2. The van der Waals surface area contributed by atoms with Crippen LogP contribution in [0, 0.1) is 0 Å². The van der Waals surface area contributed by atoms with E-state index in [1.54, 1.807) is 31.3 Å². The smallest absolute Gasteiger partial charge is 0.325 e. The molecule has 0 saturated carbocycles. The number of carbonyl (C=O) groups excluding carboxylic acids is 1. The summed E-state index contributed by atoms with van der Waals surface area (Å²) in [6, 6.07) is 9.38. The minimum atomic E-state index is -0.503. The Balaban J connectivity index is 1.43. The highest BCUT2D eigenvalue weighted by Gasteiger charge is 2.16. The zero-order chi connectivity index (χ0) is 21.3. The number of carbonyl (C=O) groups is 1. The lowest BCUT2D eigenvalue weighted by Crippen LogP contribution is -2.19. The number of aromatic hydroxyl groups is 1. The molecule has 0 spiro atoms. The molecular weight excluding hydrogens is 451 g/mol. The fourth-order valence-corrected chi connectivity index (χ4v) is 3.72. The molecule has 0 radical (unpaired) electrons. The van der Waals surface area contributed by atoms with Gasteiger partial charge in [0.05, 0.1) is 17.6 Å². The zero-order valence-corrected chi connectivity index (χ0v) is 17.5. The van der Waals surface area contributed by atoms with E-state index in [4.69, 9.17) is 23.2 Å². The summed E-state index contributed by atoms with van der Waals surface area (Å²) >= 11 is 13.0. The summed E-state index contributed by atoms with van der Waals surface area (Å²) in [7, 11) is 1.68. The Hall–Kier alpha value is -3.28. The largest absolute Gasteiger partial charge is 0.506 e. The SMILES string of the molecule is Cn1nnc(-c2ccc(NC(=O)Nc3nnc(-c4cc(Cl)cc(Cl)c4O)s3)cc2)n1. The van der Waals surface area contributed by atoms with Crippen LogP contribution in [0.1, 0.15) is 0 Å². The Morgan fingerprint density at radius 2 is 1.87 bits per heavy atom.